The molecule has 6 nitrogen and oxygen atoms in total. The normalized spacial score (nSPS) is 16.6. The average molecular weight is 407 g/mol. The third-order valence-corrected chi connectivity index (χ3v) is 6.14. The van der Waals surface area contributed by atoms with Gasteiger partial charge in [0.25, 0.3) is 5.91 Å². The third-order valence-electron chi connectivity index (χ3n) is 5.05. The minimum absolute atomic E-state index is 0.0134. The highest BCUT2D eigenvalue weighted by Crippen LogP contribution is 2.32. The van der Waals surface area contributed by atoms with E-state index in [0.29, 0.717) is 29.6 Å². The van der Waals surface area contributed by atoms with Crippen LogP contribution in [0.2, 0.25) is 0 Å². The van der Waals surface area contributed by atoms with Gasteiger partial charge in [-0.25, -0.2) is 14.4 Å². The summed E-state index contributed by atoms with van der Waals surface area (Å²) in [4.78, 5) is 24.3. The van der Waals surface area contributed by atoms with Crippen molar-refractivity contribution in [3.8, 4) is 0 Å². The molecule has 5 rings (SSSR count). The van der Waals surface area contributed by atoms with E-state index < -0.39 is 0 Å². The lowest BCUT2D eigenvalue weighted by atomic mass is 10.2. The number of carbonyl (C=O) groups is 1. The summed E-state index contributed by atoms with van der Waals surface area (Å²) in [7, 11) is 0. The summed E-state index contributed by atoms with van der Waals surface area (Å²) in [5, 5.41) is 4.82. The molecule has 1 saturated heterocycles. The van der Waals surface area contributed by atoms with E-state index in [1.54, 1.807) is 18.3 Å². The second kappa shape index (κ2) is 7.06. The summed E-state index contributed by atoms with van der Waals surface area (Å²) in [6.07, 6.45) is 2.56. The Morgan fingerprint density at radius 1 is 1.28 bits per heavy atom. The molecular weight excluding hydrogens is 389 g/mol. The molecule has 3 heterocycles. The topological polar surface area (TPSA) is 84.1 Å². The number of benzene rings is 2. The fraction of sp³-hybridized carbons (Fsp3) is 0.190. The molecule has 0 saturated carbocycles. The first-order valence-electron chi connectivity index (χ1n) is 9.33. The van der Waals surface area contributed by atoms with Gasteiger partial charge in [-0.05, 0) is 42.8 Å². The van der Waals surface area contributed by atoms with Crippen molar-refractivity contribution in [2.45, 2.75) is 12.5 Å². The summed E-state index contributed by atoms with van der Waals surface area (Å²) in [5.41, 5.74) is 7.27. The van der Waals surface area contributed by atoms with Gasteiger partial charge in [0.05, 0.1) is 10.4 Å². The number of nitrogens with one attached hydrogen (secondary N) is 1. The molecule has 0 radical (unpaired) electrons. The first-order chi connectivity index (χ1) is 14.1. The SMILES string of the molecule is NC1CCN(C(=O)c2cc3c(ccc4cnc(Nc5cccc(F)c5)nc43)s2)C1. The minimum atomic E-state index is -0.333. The lowest BCUT2D eigenvalue weighted by Crippen LogP contribution is -2.31. The van der Waals surface area contributed by atoms with Crippen LogP contribution in [0, 0.1) is 5.82 Å². The summed E-state index contributed by atoms with van der Waals surface area (Å²) < 4.78 is 14.4. The number of hydrogen-bond acceptors (Lipinski definition) is 6. The van der Waals surface area contributed by atoms with Gasteiger partial charge in [-0.3, -0.25) is 4.79 Å². The number of nitrogens with zero attached hydrogens (tertiary/aromatic N) is 3. The minimum Gasteiger partial charge on any atom is -0.336 e. The van der Waals surface area contributed by atoms with Crippen LogP contribution in [-0.2, 0) is 0 Å². The van der Waals surface area contributed by atoms with E-state index in [2.05, 4.69) is 15.3 Å². The van der Waals surface area contributed by atoms with Gasteiger partial charge >= 0.3 is 0 Å². The number of halogens is 1. The Kier molecular flexibility index (Phi) is 4.37. The van der Waals surface area contributed by atoms with Gasteiger partial charge in [0.1, 0.15) is 5.82 Å². The number of amides is 1. The number of carbonyl (C=O) groups excluding carboxylic acids is 1. The lowest BCUT2D eigenvalue weighted by Gasteiger charge is -2.13. The van der Waals surface area contributed by atoms with Crippen molar-refractivity contribution >= 4 is 49.9 Å². The maximum atomic E-state index is 13.4. The molecule has 1 amide bonds. The first kappa shape index (κ1) is 18.0. The smallest absolute Gasteiger partial charge is 0.264 e. The standard InChI is InChI=1S/C21H18FN5OS/c22-13-2-1-3-15(8-13)25-21-24-10-12-4-5-17-16(19(12)26-21)9-18(29-17)20(28)27-7-6-14(23)11-27/h1-5,8-10,14H,6-7,11,23H2,(H,24,25,26). The van der Waals surface area contributed by atoms with Crippen LogP contribution in [0.25, 0.3) is 21.0 Å². The summed E-state index contributed by atoms with van der Waals surface area (Å²) in [6.45, 7) is 1.29. The van der Waals surface area contributed by atoms with Crippen molar-refractivity contribution in [2.24, 2.45) is 5.73 Å². The average Bonchev–Trinajstić information content (AvgIpc) is 3.34. The molecule has 4 aromatic rings. The van der Waals surface area contributed by atoms with Crippen LogP contribution in [0.15, 0.2) is 48.7 Å². The van der Waals surface area contributed by atoms with Crippen LogP contribution in [-0.4, -0.2) is 39.9 Å². The highest BCUT2D eigenvalue weighted by atomic mass is 32.1. The highest BCUT2D eigenvalue weighted by molar-refractivity contribution is 7.21. The van der Waals surface area contributed by atoms with Crippen LogP contribution in [0.4, 0.5) is 16.0 Å². The molecule has 2 aromatic carbocycles. The number of likely N-dealkylation sites (tertiary alicyclic amines) is 1. The molecule has 1 aliphatic rings. The van der Waals surface area contributed by atoms with E-state index in [-0.39, 0.29) is 17.8 Å². The van der Waals surface area contributed by atoms with Crippen LogP contribution in [0.3, 0.4) is 0 Å². The Morgan fingerprint density at radius 3 is 2.97 bits per heavy atom. The maximum Gasteiger partial charge on any atom is 0.264 e. The molecule has 1 fully saturated rings. The van der Waals surface area contributed by atoms with E-state index in [1.807, 2.05) is 23.1 Å². The lowest BCUT2D eigenvalue weighted by molar-refractivity contribution is 0.0795. The van der Waals surface area contributed by atoms with E-state index in [4.69, 9.17) is 5.73 Å². The number of rotatable bonds is 3. The Morgan fingerprint density at radius 2 is 2.17 bits per heavy atom. The highest BCUT2D eigenvalue weighted by Gasteiger charge is 2.26. The molecule has 1 unspecified atom stereocenters. The van der Waals surface area contributed by atoms with E-state index >= 15 is 0 Å². The monoisotopic (exact) mass is 407 g/mol. The molecular formula is C21H18FN5OS. The predicted molar refractivity (Wildman–Crippen MR) is 113 cm³/mol. The van der Waals surface area contributed by atoms with Crippen molar-refractivity contribution in [1.82, 2.24) is 14.9 Å². The zero-order valence-corrected chi connectivity index (χ0v) is 16.2. The van der Waals surface area contributed by atoms with Crippen molar-refractivity contribution in [1.29, 1.82) is 0 Å². The predicted octanol–water partition coefficient (Wildman–Crippen LogP) is 3.90. The second-order valence-electron chi connectivity index (χ2n) is 7.15. The fourth-order valence-corrected chi connectivity index (χ4v) is 4.63. The van der Waals surface area contributed by atoms with Crippen molar-refractivity contribution in [2.75, 3.05) is 18.4 Å². The molecule has 1 aliphatic heterocycles. The van der Waals surface area contributed by atoms with Crippen molar-refractivity contribution < 1.29 is 9.18 Å². The molecule has 1 atom stereocenters. The Hall–Kier alpha value is -3.10. The first-order valence-corrected chi connectivity index (χ1v) is 10.2. The molecule has 0 bridgehead atoms. The van der Waals surface area contributed by atoms with E-state index in [1.165, 1.54) is 23.5 Å². The molecule has 3 N–H and O–H groups in total. The quantitative estimate of drug-likeness (QED) is 0.538. The molecule has 29 heavy (non-hydrogen) atoms. The Labute approximate surface area is 170 Å². The maximum absolute atomic E-state index is 13.4. The summed E-state index contributed by atoms with van der Waals surface area (Å²) in [5.74, 6) is 0.0560. The molecule has 0 aliphatic carbocycles. The fourth-order valence-electron chi connectivity index (χ4n) is 3.60. The molecule has 2 aromatic heterocycles. The van der Waals surface area contributed by atoms with E-state index in [9.17, 15) is 9.18 Å². The van der Waals surface area contributed by atoms with Crippen LogP contribution in [0.1, 0.15) is 16.1 Å². The second-order valence-corrected chi connectivity index (χ2v) is 8.24. The van der Waals surface area contributed by atoms with E-state index in [0.717, 1.165) is 27.4 Å². The summed E-state index contributed by atoms with van der Waals surface area (Å²) >= 11 is 1.46. The Balaban J connectivity index is 1.53. The van der Waals surface area contributed by atoms with Gasteiger partial charge in [-0.1, -0.05) is 6.07 Å². The number of hydrogen-bond donors (Lipinski definition) is 2. The number of aromatic nitrogens is 2. The number of fused-ring (bicyclic) bond motifs is 3. The molecule has 8 heteroatoms. The van der Waals surface area contributed by atoms with Crippen molar-refractivity contribution in [3.05, 3.63) is 59.4 Å². The van der Waals surface area contributed by atoms with Gasteiger partial charge in [0.15, 0.2) is 0 Å². The number of nitrogens with two attached hydrogens (primary N) is 1. The largest absolute Gasteiger partial charge is 0.336 e. The summed E-state index contributed by atoms with van der Waals surface area (Å²) in [6, 6.07) is 12.0. The van der Waals surface area contributed by atoms with Crippen molar-refractivity contribution in [3.63, 3.8) is 0 Å². The number of anilines is 2. The van der Waals surface area contributed by atoms with Gasteiger partial charge in [-0.2, -0.15) is 0 Å². The zero-order chi connectivity index (χ0) is 20.0. The van der Waals surface area contributed by atoms with Crippen LogP contribution < -0.4 is 11.1 Å². The van der Waals surface area contributed by atoms with Gasteiger partial charge in [0, 0.05) is 46.5 Å². The van der Waals surface area contributed by atoms with Crippen LogP contribution in [0.5, 0.6) is 0 Å². The number of thiophene rings is 1. The van der Waals surface area contributed by atoms with Gasteiger partial charge in [0.2, 0.25) is 5.95 Å². The van der Waals surface area contributed by atoms with Crippen LogP contribution >= 0.6 is 11.3 Å². The van der Waals surface area contributed by atoms with Gasteiger partial charge < -0.3 is 16.0 Å². The molecule has 146 valence electrons. The zero-order valence-electron chi connectivity index (χ0n) is 15.4. The van der Waals surface area contributed by atoms with Gasteiger partial charge in [-0.15, -0.1) is 11.3 Å². The Bertz CT molecular complexity index is 1240. The molecule has 0 spiro atoms. The third kappa shape index (κ3) is 3.41.